The molecule has 0 amide bonds. The molecule has 0 radical (unpaired) electrons. The molecule has 0 saturated heterocycles. The van der Waals surface area contributed by atoms with Gasteiger partial charge >= 0.3 is 0 Å². The van der Waals surface area contributed by atoms with Crippen LogP contribution >= 0.6 is 0 Å². The van der Waals surface area contributed by atoms with Crippen LogP contribution < -0.4 is 5.32 Å². The van der Waals surface area contributed by atoms with Crippen molar-refractivity contribution in [3.05, 3.63) is 39.9 Å². The summed E-state index contributed by atoms with van der Waals surface area (Å²) in [7, 11) is 0. The van der Waals surface area contributed by atoms with Gasteiger partial charge in [0.25, 0.3) is 5.69 Å². The summed E-state index contributed by atoms with van der Waals surface area (Å²) in [4.78, 5) is 10.2. The van der Waals surface area contributed by atoms with Gasteiger partial charge in [0.15, 0.2) is 0 Å². The Hall–Kier alpha value is -1.42. The van der Waals surface area contributed by atoms with Crippen molar-refractivity contribution in [3.63, 3.8) is 0 Å². The Balaban J connectivity index is 1.95. The van der Waals surface area contributed by atoms with Gasteiger partial charge in [-0.05, 0) is 38.2 Å². The second-order valence-corrected chi connectivity index (χ2v) is 5.22. The van der Waals surface area contributed by atoms with Crippen molar-refractivity contribution in [2.75, 3.05) is 0 Å². The van der Waals surface area contributed by atoms with E-state index in [9.17, 15) is 10.1 Å². The number of nitrogens with one attached hydrogen (secondary N) is 1. The Bertz CT molecular complexity index is 412. The van der Waals surface area contributed by atoms with Crippen molar-refractivity contribution in [2.45, 2.75) is 45.2 Å². The quantitative estimate of drug-likeness (QED) is 0.641. The van der Waals surface area contributed by atoms with E-state index < -0.39 is 0 Å². The van der Waals surface area contributed by atoms with Crippen molar-refractivity contribution in [3.8, 4) is 0 Å². The maximum atomic E-state index is 10.6. The predicted molar refractivity (Wildman–Crippen MR) is 71.5 cm³/mol. The molecule has 0 aliphatic heterocycles. The summed E-state index contributed by atoms with van der Waals surface area (Å²) in [5.41, 5.74) is 1.25. The lowest BCUT2D eigenvalue weighted by Gasteiger charge is -2.34. The molecule has 0 bridgehead atoms. The molecule has 18 heavy (non-hydrogen) atoms. The van der Waals surface area contributed by atoms with E-state index in [-0.39, 0.29) is 16.7 Å². The molecule has 1 aromatic rings. The third-order valence-corrected chi connectivity index (χ3v) is 3.97. The molecule has 2 unspecified atom stereocenters. The van der Waals surface area contributed by atoms with Crippen LogP contribution in [0.15, 0.2) is 24.3 Å². The van der Waals surface area contributed by atoms with Crippen molar-refractivity contribution < 1.29 is 4.92 Å². The second-order valence-electron chi connectivity index (χ2n) is 5.22. The van der Waals surface area contributed by atoms with Crippen LogP contribution in [0.4, 0.5) is 5.69 Å². The van der Waals surface area contributed by atoms with Crippen LogP contribution in [0.5, 0.6) is 0 Å². The molecular weight excluding hydrogens is 228 g/mol. The smallest absolute Gasteiger partial charge is 0.269 e. The Morgan fingerprint density at radius 2 is 1.89 bits per heavy atom. The Kier molecular flexibility index (Phi) is 3.97. The van der Waals surface area contributed by atoms with E-state index in [1.54, 1.807) is 12.1 Å². The minimum absolute atomic E-state index is 0.151. The largest absolute Gasteiger partial charge is 0.307 e. The molecule has 4 nitrogen and oxygen atoms in total. The molecule has 4 heteroatoms. The maximum absolute atomic E-state index is 10.6. The van der Waals surface area contributed by atoms with E-state index in [0.717, 1.165) is 11.5 Å². The SMILES string of the molecule is CC(NC(C)C1CCC1)c1ccc([N+](=O)[O-])cc1. The standard InChI is InChI=1S/C14H20N2O2/c1-10(12-4-3-5-12)15-11(2)13-6-8-14(9-7-13)16(17)18/h6-12,15H,3-5H2,1-2H3. The highest BCUT2D eigenvalue weighted by Gasteiger charge is 2.24. The van der Waals surface area contributed by atoms with Crippen LogP contribution in [0.3, 0.4) is 0 Å². The van der Waals surface area contributed by atoms with Crippen LogP contribution in [0, 0.1) is 16.0 Å². The molecule has 0 aromatic heterocycles. The zero-order valence-electron chi connectivity index (χ0n) is 10.9. The molecule has 1 N–H and O–H groups in total. The van der Waals surface area contributed by atoms with Gasteiger partial charge in [0.05, 0.1) is 4.92 Å². The van der Waals surface area contributed by atoms with Crippen LogP contribution in [-0.4, -0.2) is 11.0 Å². The Morgan fingerprint density at radius 1 is 1.28 bits per heavy atom. The van der Waals surface area contributed by atoms with Crippen LogP contribution in [-0.2, 0) is 0 Å². The first kappa shape index (κ1) is 13.0. The number of nitrogens with zero attached hydrogens (tertiary/aromatic N) is 1. The monoisotopic (exact) mass is 248 g/mol. The molecule has 98 valence electrons. The summed E-state index contributed by atoms with van der Waals surface area (Å²) >= 11 is 0. The van der Waals surface area contributed by atoms with E-state index in [1.807, 2.05) is 12.1 Å². The normalized spacial score (nSPS) is 19.0. The fourth-order valence-corrected chi connectivity index (χ4v) is 2.45. The predicted octanol–water partition coefficient (Wildman–Crippen LogP) is 3.43. The highest BCUT2D eigenvalue weighted by atomic mass is 16.6. The molecule has 1 aromatic carbocycles. The van der Waals surface area contributed by atoms with Crippen LogP contribution in [0.2, 0.25) is 0 Å². The fraction of sp³-hybridized carbons (Fsp3) is 0.571. The van der Waals surface area contributed by atoms with Crippen molar-refractivity contribution in [1.82, 2.24) is 5.32 Å². The third kappa shape index (κ3) is 2.88. The van der Waals surface area contributed by atoms with E-state index in [1.165, 1.54) is 19.3 Å². The fourth-order valence-electron chi connectivity index (χ4n) is 2.45. The van der Waals surface area contributed by atoms with Crippen molar-refractivity contribution in [1.29, 1.82) is 0 Å². The Labute approximate surface area is 108 Å². The van der Waals surface area contributed by atoms with E-state index in [0.29, 0.717) is 6.04 Å². The van der Waals surface area contributed by atoms with Crippen LogP contribution in [0.1, 0.15) is 44.7 Å². The molecule has 0 heterocycles. The van der Waals surface area contributed by atoms with Gasteiger partial charge in [-0.25, -0.2) is 0 Å². The molecule has 1 aliphatic rings. The average Bonchev–Trinajstić information content (AvgIpc) is 2.26. The molecular formula is C14H20N2O2. The lowest BCUT2D eigenvalue weighted by atomic mass is 9.80. The summed E-state index contributed by atoms with van der Waals surface area (Å²) in [5, 5.41) is 14.2. The highest BCUT2D eigenvalue weighted by molar-refractivity contribution is 5.34. The highest BCUT2D eigenvalue weighted by Crippen LogP contribution is 2.30. The summed E-state index contributed by atoms with van der Waals surface area (Å²) in [6.07, 6.45) is 3.99. The van der Waals surface area contributed by atoms with Crippen molar-refractivity contribution >= 4 is 5.69 Å². The number of hydrogen-bond acceptors (Lipinski definition) is 3. The number of non-ortho nitro benzene ring substituents is 1. The van der Waals surface area contributed by atoms with E-state index >= 15 is 0 Å². The summed E-state index contributed by atoms with van der Waals surface area (Å²) in [5.74, 6) is 0.797. The molecule has 1 aliphatic carbocycles. The molecule has 2 atom stereocenters. The molecule has 1 fully saturated rings. The van der Waals surface area contributed by atoms with Gasteiger partial charge in [-0.3, -0.25) is 10.1 Å². The summed E-state index contributed by atoms with van der Waals surface area (Å²) in [6.45, 7) is 4.34. The molecule has 1 saturated carbocycles. The van der Waals surface area contributed by atoms with Gasteiger partial charge in [-0.15, -0.1) is 0 Å². The lowest BCUT2D eigenvalue weighted by Crippen LogP contribution is -2.38. The third-order valence-electron chi connectivity index (χ3n) is 3.97. The van der Waals surface area contributed by atoms with Gasteiger partial charge in [0, 0.05) is 24.2 Å². The summed E-state index contributed by atoms with van der Waals surface area (Å²) in [6, 6.07) is 7.57. The first-order valence-electron chi connectivity index (χ1n) is 6.58. The van der Waals surface area contributed by atoms with E-state index in [2.05, 4.69) is 19.2 Å². The Morgan fingerprint density at radius 3 is 2.33 bits per heavy atom. The number of nitro groups is 1. The van der Waals surface area contributed by atoms with Gasteiger partial charge in [0.2, 0.25) is 0 Å². The van der Waals surface area contributed by atoms with Gasteiger partial charge in [-0.2, -0.15) is 0 Å². The minimum atomic E-state index is -0.362. The topological polar surface area (TPSA) is 55.2 Å². The molecule has 2 rings (SSSR count). The van der Waals surface area contributed by atoms with Gasteiger partial charge < -0.3 is 5.32 Å². The number of hydrogen-bond donors (Lipinski definition) is 1. The summed E-state index contributed by atoms with van der Waals surface area (Å²) < 4.78 is 0. The van der Waals surface area contributed by atoms with E-state index in [4.69, 9.17) is 0 Å². The van der Waals surface area contributed by atoms with Gasteiger partial charge in [0.1, 0.15) is 0 Å². The zero-order valence-corrected chi connectivity index (χ0v) is 10.9. The number of nitro benzene ring substituents is 1. The van der Waals surface area contributed by atoms with Gasteiger partial charge in [-0.1, -0.05) is 18.6 Å². The van der Waals surface area contributed by atoms with Crippen molar-refractivity contribution in [2.24, 2.45) is 5.92 Å². The average molecular weight is 248 g/mol. The first-order valence-corrected chi connectivity index (χ1v) is 6.58. The zero-order chi connectivity index (χ0) is 13.1. The number of rotatable bonds is 5. The maximum Gasteiger partial charge on any atom is 0.269 e. The first-order chi connectivity index (χ1) is 8.58. The molecule has 0 spiro atoms. The van der Waals surface area contributed by atoms with Crippen LogP contribution in [0.25, 0.3) is 0 Å². The second kappa shape index (κ2) is 5.48. The number of benzene rings is 1. The lowest BCUT2D eigenvalue weighted by molar-refractivity contribution is -0.384. The minimum Gasteiger partial charge on any atom is -0.307 e.